The van der Waals surface area contributed by atoms with Crippen LogP contribution in [0.3, 0.4) is 0 Å². The Kier molecular flexibility index (Phi) is 4.70. The summed E-state index contributed by atoms with van der Waals surface area (Å²) in [5.74, 6) is 0.168. The molecule has 0 radical (unpaired) electrons. The van der Waals surface area contributed by atoms with Crippen molar-refractivity contribution in [2.75, 3.05) is 31.1 Å². The number of nitrogens with one attached hydrogen (secondary N) is 2. The van der Waals surface area contributed by atoms with Gasteiger partial charge in [0.15, 0.2) is 11.5 Å². The summed E-state index contributed by atoms with van der Waals surface area (Å²) in [4.78, 5) is 26.3. The molecule has 0 bridgehead atoms. The zero-order valence-corrected chi connectivity index (χ0v) is 14.5. The van der Waals surface area contributed by atoms with Crippen molar-refractivity contribution < 1.29 is 19.1 Å². The molecule has 132 valence electrons. The van der Waals surface area contributed by atoms with E-state index >= 15 is 0 Å². The monoisotopic (exact) mass is 363 g/mol. The number of aromatic nitrogens is 3. The first-order chi connectivity index (χ1) is 12.0. The zero-order valence-electron chi connectivity index (χ0n) is 13.7. The number of carbonyl (C=O) groups is 2. The van der Waals surface area contributed by atoms with Crippen molar-refractivity contribution in [2.45, 2.75) is 6.42 Å². The molecule has 1 aromatic heterocycles. The molecule has 1 aromatic carbocycles. The molecule has 1 aliphatic rings. The summed E-state index contributed by atoms with van der Waals surface area (Å²) < 4.78 is 12.0. The highest BCUT2D eigenvalue weighted by Crippen LogP contribution is 2.34. The minimum atomic E-state index is -0.489. The van der Waals surface area contributed by atoms with E-state index in [4.69, 9.17) is 21.7 Å². The molecule has 0 aliphatic carbocycles. The molecule has 1 saturated heterocycles. The molecular weight excluding hydrogens is 346 g/mol. The van der Waals surface area contributed by atoms with Crippen molar-refractivity contribution in [1.29, 1.82) is 0 Å². The van der Waals surface area contributed by atoms with Crippen LogP contribution in [0.5, 0.6) is 11.5 Å². The molecule has 25 heavy (non-hydrogen) atoms. The molecule has 10 heteroatoms. The fraction of sp³-hybridized carbons (Fsp3) is 0.333. The lowest BCUT2D eigenvalue weighted by Gasteiger charge is -2.18. The standard InChI is InChI=1S/C15H17N5O4S/c1-23-11-4-3-10(6-12(11)24-2)19-7-9(5-13(19)21)14(22)18-20-8-16-17-15(20)25/h3-4,6,8-9H,5,7H2,1-2H3,(H,17,25)(H,18,22)/t9-/m0/s1. The van der Waals surface area contributed by atoms with E-state index in [9.17, 15) is 9.59 Å². The average molecular weight is 363 g/mol. The number of hydrogen-bond donors (Lipinski definition) is 2. The van der Waals surface area contributed by atoms with Gasteiger partial charge in [0, 0.05) is 24.7 Å². The number of anilines is 1. The summed E-state index contributed by atoms with van der Waals surface area (Å²) in [7, 11) is 3.07. The highest BCUT2D eigenvalue weighted by Gasteiger charge is 2.35. The van der Waals surface area contributed by atoms with E-state index < -0.39 is 5.92 Å². The van der Waals surface area contributed by atoms with Crippen LogP contribution in [0.1, 0.15) is 6.42 Å². The third-order valence-electron chi connectivity index (χ3n) is 3.96. The second kappa shape index (κ2) is 6.93. The number of rotatable bonds is 5. The van der Waals surface area contributed by atoms with Crippen molar-refractivity contribution in [3.05, 3.63) is 29.3 Å². The second-order valence-electron chi connectivity index (χ2n) is 5.45. The van der Waals surface area contributed by atoms with Gasteiger partial charge in [0.25, 0.3) is 0 Å². The molecule has 0 spiro atoms. The fourth-order valence-electron chi connectivity index (χ4n) is 2.66. The summed E-state index contributed by atoms with van der Waals surface area (Å²) in [5, 5.41) is 6.27. The topological polar surface area (TPSA) is 101 Å². The van der Waals surface area contributed by atoms with Crippen molar-refractivity contribution >= 4 is 29.7 Å². The van der Waals surface area contributed by atoms with E-state index in [0.717, 1.165) is 0 Å². The van der Waals surface area contributed by atoms with E-state index in [0.29, 0.717) is 17.2 Å². The van der Waals surface area contributed by atoms with Gasteiger partial charge >= 0.3 is 0 Å². The molecule has 1 fully saturated rings. The summed E-state index contributed by atoms with van der Waals surface area (Å²) in [6.07, 6.45) is 1.48. The Bertz CT molecular complexity index is 862. The maximum Gasteiger partial charge on any atom is 0.244 e. The van der Waals surface area contributed by atoms with Gasteiger partial charge < -0.3 is 14.4 Å². The molecule has 2 aromatic rings. The Morgan fingerprint density at radius 3 is 2.76 bits per heavy atom. The van der Waals surface area contributed by atoms with Gasteiger partial charge in [-0.2, -0.15) is 5.10 Å². The molecule has 2 N–H and O–H groups in total. The van der Waals surface area contributed by atoms with Gasteiger partial charge in [-0.25, -0.2) is 4.68 Å². The number of amides is 2. The predicted molar refractivity (Wildman–Crippen MR) is 91.8 cm³/mol. The third kappa shape index (κ3) is 3.33. The summed E-state index contributed by atoms with van der Waals surface area (Å²) >= 11 is 4.98. The maximum atomic E-state index is 12.4. The minimum Gasteiger partial charge on any atom is -0.493 e. The molecule has 1 atom stereocenters. The number of aromatic amines is 1. The van der Waals surface area contributed by atoms with Crippen molar-refractivity contribution in [3.63, 3.8) is 0 Å². The molecule has 0 unspecified atom stereocenters. The van der Waals surface area contributed by atoms with Gasteiger partial charge in [0.1, 0.15) is 6.33 Å². The van der Waals surface area contributed by atoms with Crippen LogP contribution >= 0.6 is 12.2 Å². The molecular formula is C15H17N5O4S. The first-order valence-corrected chi connectivity index (χ1v) is 7.89. The summed E-state index contributed by atoms with van der Waals surface area (Å²) in [6, 6.07) is 5.19. The highest BCUT2D eigenvalue weighted by molar-refractivity contribution is 7.71. The Balaban J connectivity index is 1.75. The van der Waals surface area contributed by atoms with Crippen LogP contribution in [0.4, 0.5) is 5.69 Å². The lowest BCUT2D eigenvalue weighted by atomic mass is 10.1. The van der Waals surface area contributed by atoms with Gasteiger partial charge in [-0.1, -0.05) is 0 Å². The van der Waals surface area contributed by atoms with E-state index in [1.54, 1.807) is 30.2 Å². The van der Waals surface area contributed by atoms with Crippen molar-refractivity contribution in [3.8, 4) is 11.5 Å². The Morgan fingerprint density at radius 1 is 1.36 bits per heavy atom. The number of nitrogens with zero attached hydrogens (tertiary/aromatic N) is 3. The Morgan fingerprint density at radius 2 is 2.12 bits per heavy atom. The number of methoxy groups -OCH3 is 2. The normalized spacial score (nSPS) is 16.8. The summed E-state index contributed by atoms with van der Waals surface area (Å²) in [5.41, 5.74) is 3.27. The quantitative estimate of drug-likeness (QED) is 0.771. The molecule has 0 saturated carbocycles. The SMILES string of the molecule is COc1ccc(N2C[C@@H](C(=O)Nn3cn[nH]c3=S)CC2=O)cc1OC. The fourth-order valence-corrected chi connectivity index (χ4v) is 2.81. The van der Waals surface area contributed by atoms with Crippen molar-refractivity contribution in [2.24, 2.45) is 5.92 Å². The smallest absolute Gasteiger partial charge is 0.244 e. The lowest BCUT2D eigenvalue weighted by molar-refractivity contribution is -0.123. The van der Waals surface area contributed by atoms with Gasteiger partial charge in [-0.3, -0.25) is 20.1 Å². The molecule has 2 heterocycles. The van der Waals surface area contributed by atoms with E-state index in [1.165, 1.54) is 18.1 Å². The van der Waals surface area contributed by atoms with Crippen LogP contribution in [0.15, 0.2) is 24.5 Å². The Labute approximate surface area is 148 Å². The van der Waals surface area contributed by atoms with Crippen LogP contribution in [0.2, 0.25) is 0 Å². The van der Waals surface area contributed by atoms with Gasteiger partial charge in [0.05, 0.1) is 20.1 Å². The lowest BCUT2D eigenvalue weighted by Crippen LogP contribution is -2.31. The van der Waals surface area contributed by atoms with E-state index in [1.807, 2.05) is 0 Å². The Hall–Kier alpha value is -2.88. The molecule has 9 nitrogen and oxygen atoms in total. The maximum absolute atomic E-state index is 12.4. The van der Waals surface area contributed by atoms with Gasteiger partial charge in [-0.05, 0) is 24.4 Å². The molecule has 3 rings (SSSR count). The van der Waals surface area contributed by atoms with E-state index in [2.05, 4.69) is 15.6 Å². The predicted octanol–water partition coefficient (Wildman–Crippen LogP) is 1.08. The van der Waals surface area contributed by atoms with Crippen LogP contribution in [0, 0.1) is 10.7 Å². The van der Waals surface area contributed by atoms with Crippen LogP contribution in [-0.4, -0.2) is 47.5 Å². The number of benzene rings is 1. The van der Waals surface area contributed by atoms with Gasteiger partial charge in [-0.15, -0.1) is 0 Å². The van der Waals surface area contributed by atoms with Crippen LogP contribution in [-0.2, 0) is 9.59 Å². The van der Waals surface area contributed by atoms with Gasteiger partial charge in [0.2, 0.25) is 16.6 Å². The average Bonchev–Trinajstić information content (AvgIpc) is 3.20. The van der Waals surface area contributed by atoms with E-state index in [-0.39, 0.29) is 29.6 Å². The number of carbonyl (C=O) groups excluding carboxylic acids is 2. The first kappa shape index (κ1) is 17.0. The number of hydrogen-bond acceptors (Lipinski definition) is 6. The highest BCUT2D eigenvalue weighted by atomic mass is 32.1. The molecule has 2 amide bonds. The van der Waals surface area contributed by atoms with Crippen LogP contribution < -0.4 is 19.8 Å². The van der Waals surface area contributed by atoms with Crippen LogP contribution in [0.25, 0.3) is 0 Å². The third-order valence-corrected chi connectivity index (χ3v) is 4.25. The summed E-state index contributed by atoms with van der Waals surface area (Å²) in [6.45, 7) is 0.269. The van der Waals surface area contributed by atoms with Crippen molar-refractivity contribution in [1.82, 2.24) is 14.9 Å². The second-order valence-corrected chi connectivity index (χ2v) is 5.84. The zero-order chi connectivity index (χ0) is 18.0. The first-order valence-electron chi connectivity index (χ1n) is 7.48. The largest absolute Gasteiger partial charge is 0.493 e. The minimum absolute atomic E-state index is 0.116. The number of ether oxygens (including phenoxy) is 2. The number of H-pyrrole nitrogens is 1. The molecule has 1 aliphatic heterocycles.